The summed E-state index contributed by atoms with van der Waals surface area (Å²) in [7, 11) is 3.58. The molecule has 1 aliphatic rings. The molecule has 1 unspecified atom stereocenters. The maximum atomic E-state index is 12.3. The van der Waals surface area contributed by atoms with Gasteiger partial charge in [-0.05, 0) is 34.5 Å². The molecule has 1 aromatic heterocycles. The molecular formula is C13H19BrN4O. The van der Waals surface area contributed by atoms with Crippen molar-refractivity contribution in [3.63, 3.8) is 0 Å². The lowest BCUT2D eigenvalue weighted by atomic mass is 10.1. The molecule has 2 heterocycles. The summed E-state index contributed by atoms with van der Waals surface area (Å²) in [5.74, 6) is 1.00. The summed E-state index contributed by atoms with van der Waals surface area (Å²) >= 11 is 3.42. The van der Waals surface area contributed by atoms with E-state index in [0.717, 1.165) is 28.9 Å². The molecule has 1 aromatic rings. The number of nitrogens with one attached hydrogen (secondary N) is 1. The van der Waals surface area contributed by atoms with E-state index in [1.807, 2.05) is 13.0 Å². The average Bonchev–Trinajstić information content (AvgIpc) is 2.38. The summed E-state index contributed by atoms with van der Waals surface area (Å²) in [5.41, 5.74) is 1.08. The molecule has 5 nitrogen and oxygen atoms in total. The fourth-order valence-electron chi connectivity index (χ4n) is 2.31. The van der Waals surface area contributed by atoms with Gasteiger partial charge in [-0.1, -0.05) is 0 Å². The zero-order valence-electron chi connectivity index (χ0n) is 11.5. The normalized spacial score (nSPS) is 19.4. The number of hydrogen-bond acceptors (Lipinski definition) is 4. The van der Waals surface area contributed by atoms with E-state index < -0.39 is 0 Å². The van der Waals surface area contributed by atoms with Crippen LogP contribution in [0.1, 0.15) is 5.56 Å². The Labute approximate surface area is 122 Å². The van der Waals surface area contributed by atoms with Crippen molar-refractivity contribution < 1.29 is 4.79 Å². The van der Waals surface area contributed by atoms with Crippen LogP contribution < -0.4 is 10.2 Å². The summed E-state index contributed by atoms with van der Waals surface area (Å²) in [6.07, 6.45) is 1.78. The SMILES string of the molecule is Cc1cc(Br)cnc1N1CCNCC1C(=O)N(C)C. The van der Waals surface area contributed by atoms with Crippen LogP contribution in [0.15, 0.2) is 16.7 Å². The van der Waals surface area contributed by atoms with Crippen LogP contribution in [0.2, 0.25) is 0 Å². The van der Waals surface area contributed by atoms with Crippen LogP contribution in [0, 0.1) is 6.92 Å². The molecule has 19 heavy (non-hydrogen) atoms. The number of anilines is 1. The number of rotatable bonds is 2. The molecule has 2 rings (SSSR count). The number of halogens is 1. The molecule has 0 bridgehead atoms. The van der Waals surface area contributed by atoms with E-state index in [2.05, 4.69) is 31.1 Å². The summed E-state index contributed by atoms with van der Waals surface area (Å²) < 4.78 is 0.958. The summed E-state index contributed by atoms with van der Waals surface area (Å²) in [5, 5.41) is 3.27. The summed E-state index contributed by atoms with van der Waals surface area (Å²) in [6, 6.07) is 1.85. The van der Waals surface area contributed by atoms with Gasteiger partial charge in [0.1, 0.15) is 11.9 Å². The number of carbonyl (C=O) groups is 1. The Morgan fingerprint density at radius 2 is 2.32 bits per heavy atom. The predicted molar refractivity (Wildman–Crippen MR) is 79.4 cm³/mol. The smallest absolute Gasteiger partial charge is 0.246 e. The largest absolute Gasteiger partial charge is 0.347 e. The Bertz CT molecular complexity index is 478. The van der Waals surface area contributed by atoms with Gasteiger partial charge in [-0.25, -0.2) is 4.98 Å². The second kappa shape index (κ2) is 5.88. The standard InChI is InChI=1S/C13H19BrN4O/c1-9-6-10(14)7-16-12(9)18-5-4-15-8-11(18)13(19)17(2)3/h6-7,11,15H,4-5,8H2,1-3H3. The second-order valence-electron chi connectivity index (χ2n) is 4.94. The van der Waals surface area contributed by atoms with E-state index in [1.165, 1.54) is 0 Å². The molecule has 1 aliphatic heterocycles. The molecule has 1 atom stereocenters. The zero-order valence-corrected chi connectivity index (χ0v) is 13.1. The first-order chi connectivity index (χ1) is 9.00. The van der Waals surface area contributed by atoms with Gasteiger partial charge in [0.15, 0.2) is 0 Å². The van der Waals surface area contributed by atoms with Gasteiger partial charge in [0.2, 0.25) is 5.91 Å². The van der Waals surface area contributed by atoms with E-state index in [0.29, 0.717) is 6.54 Å². The molecule has 0 spiro atoms. The third kappa shape index (κ3) is 3.06. The van der Waals surface area contributed by atoms with Crippen molar-refractivity contribution in [2.24, 2.45) is 0 Å². The van der Waals surface area contributed by atoms with Gasteiger partial charge < -0.3 is 15.1 Å². The molecule has 6 heteroatoms. The Balaban J connectivity index is 2.31. The maximum Gasteiger partial charge on any atom is 0.246 e. The number of piperazine rings is 1. The van der Waals surface area contributed by atoms with Gasteiger partial charge in [0.25, 0.3) is 0 Å². The first-order valence-corrected chi connectivity index (χ1v) is 7.10. The van der Waals surface area contributed by atoms with E-state index in [9.17, 15) is 4.79 Å². The topological polar surface area (TPSA) is 48.5 Å². The summed E-state index contributed by atoms with van der Waals surface area (Å²) in [4.78, 5) is 20.5. The number of aromatic nitrogens is 1. The third-order valence-corrected chi connectivity index (χ3v) is 3.69. The van der Waals surface area contributed by atoms with Gasteiger partial charge >= 0.3 is 0 Å². The van der Waals surface area contributed by atoms with Crippen molar-refractivity contribution >= 4 is 27.7 Å². The number of amides is 1. The van der Waals surface area contributed by atoms with Crippen molar-refractivity contribution in [1.82, 2.24) is 15.2 Å². The molecule has 104 valence electrons. The predicted octanol–water partition coefficient (Wildman–Crippen LogP) is 1.02. The lowest BCUT2D eigenvalue weighted by Gasteiger charge is -2.38. The number of pyridine rings is 1. The van der Waals surface area contributed by atoms with Gasteiger partial charge in [0.05, 0.1) is 0 Å². The quantitative estimate of drug-likeness (QED) is 0.881. The van der Waals surface area contributed by atoms with Gasteiger partial charge in [-0.3, -0.25) is 4.79 Å². The molecular weight excluding hydrogens is 308 g/mol. The van der Waals surface area contributed by atoms with Crippen molar-refractivity contribution in [3.05, 3.63) is 22.3 Å². The summed E-state index contributed by atoms with van der Waals surface area (Å²) in [6.45, 7) is 4.34. The van der Waals surface area contributed by atoms with E-state index >= 15 is 0 Å². The lowest BCUT2D eigenvalue weighted by Crippen LogP contribution is -2.58. The van der Waals surface area contributed by atoms with Crippen LogP contribution >= 0.6 is 15.9 Å². The van der Waals surface area contributed by atoms with E-state index in [1.54, 1.807) is 25.2 Å². The first-order valence-electron chi connectivity index (χ1n) is 6.31. The highest BCUT2D eigenvalue weighted by Gasteiger charge is 2.31. The number of likely N-dealkylation sites (N-methyl/N-ethyl adjacent to an activating group) is 1. The number of aryl methyl sites for hydroxylation is 1. The Morgan fingerprint density at radius 3 is 2.95 bits per heavy atom. The van der Waals surface area contributed by atoms with E-state index in [-0.39, 0.29) is 11.9 Å². The van der Waals surface area contributed by atoms with Crippen LogP contribution in [0.5, 0.6) is 0 Å². The number of nitrogens with zero attached hydrogens (tertiary/aromatic N) is 3. The molecule has 1 N–H and O–H groups in total. The van der Waals surface area contributed by atoms with Crippen molar-refractivity contribution in [2.45, 2.75) is 13.0 Å². The van der Waals surface area contributed by atoms with Gasteiger partial charge in [0, 0.05) is 44.4 Å². The van der Waals surface area contributed by atoms with Crippen LogP contribution in [0.3, 0.4) is 0 Å². The second-order valence-corrected chi connectivity index (χ2v) is 5.86. The van der Waals surface area contributed by atoms with Crippen LogP contribution in [0.4, 0.5) is 5.82 Å². The molecule has 0 aromatic carbocycles. The Hall–Kier alpha value is -1.14. The highest BCUT2D eigenvalue weighted by atomic mass is 79.9. The van der Waals surface area contributed by atoms with Crippen LogP contribution in [-0.2, 0) is 4.79 Å². The molecule has 0 radical (unpaired) electrons. The molecule has 1 saturated heterocycles. The fourth-order valence-corrected chi connectivity index (χ4v) is 2.76. The number of carbonyl (C=O) groups excluding carboxylic acids is 1. The molecule has 1 fully saturated rings. The highest BCUT2D eigenvalue weighted by molar-refractivity contribution is 9.10. The van der Waals surface area contributed by atoms with Gasteiger partial charge in [-0.15, -0.1) is 0 Å². The molecule has 0 aliphatic carbocycles. The average molecular weight is 327 g/mol. The minimum absolute atomic E-state index is 0.108. The Morgan fingerprint density at radius 1 is 1.58 bits per heavy atom. The van der Waals surface area contributed by atoms with Crippen LogP contribution in [0.25, 0.3) is 0 Å². The third-order valence-electron chi connectivity index (χ3n) is 3.26. The minimum Gasteiger partial charge on any atom is -0.347 e. The van der Waals surface area contributed by atoms with Crippen LogP contribution in [-0.4, -0.2) is 55.6 Å². The molecule has 0 saturated carbocycles. The first kappa shape index (κ1) is 14.3. The minimum atomic E-state index is -0.184. The number of hydrogen-bond donors (Lipinski definition) is 1. The molecule has 1 amide bonds. The van der Waals surface area contributed by atoms with Gasteiger partial charge in [-0.2, -0.15) is 0 Å². The zero-order chi connectivity index (χ0) is 14.0. The lowest BCUT2D eigenvalue weighted by molar-refractivity contribution is -0.130. The Kier molecular flexibility index (Phi) is 4.42. The van der Waals surface area contributed by atoms with E-state index in [4.69, 9.17) is 0 Å². The van der Waals surface area contributed by atoms with Crippen molar-refractivity contribution in [1.29, 1.82) is 0 Å². The monoisotopic (exact) mass is 326 g/mol. The van der Waals surface area contributed by atoms with Crippen molar-refractivity contribution in [3.8, 4) is 0 Å². The highest BCUT2D eigenvalue weighted by Crippen LogP contribution is 2.23. The maximum absolute atomic E-state index is 12.3. The van der Waals surface area contributed by atoms with Crippen molar-refractivity contribution in [2.75, 3.05) is 38.6 Å². The fraction of sp³-hybridized carbons (Fsp3) is 0.538.